The lowest BCUT2D eigenvalue weighted by Gasteiger charge is -2.25. The zero-order valence-corrected chi connectivity index (χ0v) is 14.4. The van der Waals surface area contributed by atoms with Crippen LogP contribution in [0.3, 0.4) is 0 Å². The first kappa shape index (κ1) is 16.6. The highest BCUT2D eigenvalue weighted by molar-refractivity contribution is 5.80. The fourth-order valence-electron chi connectivity index (χ4n) is 2.90. The van der Waals surface area contributed by atoms with Gasteiger partial charge in [0.2, 0.25) is 11.8 Å². The summed E-state index contributed by atoms with van der Waals surface area (Å²) in [5.41, 5.74) is 0.720. The van der Waals surface area contributed by atoms with Crippen molar-refractivity contribution in [3.05, 3.63) is 47.4 Å². The molecule has 0 spiro atoms. The van der Waals surface area contributed by atoms with Crippen LogP contribution in [-0.2, 0) is 10.2 Å². The van der Waals surface area contributed by atoms with Crippen LogP contribution in [0.2, 0.25) is 0 Å². The van der Waals surface area contributed by atoms with E-state index >= 15 is 0 Å². The molecule has 0 N–H and O–H groups in total. The Morgan fingerprint density at radius 1 is 1.29 bits per heavy atom. The number of carbonyl (C=O) groups is 1. The second-order valence-corrected chi connectivity index (χ2v) is 7.38. The lowest BCUT2D eigenvalue weighted by atomic mass is 9.96. The third kappa shape index (κ3) is 3.18. The van der Waals surface area contributed by atoms with Crippen molar-refractivity contribution >= 4 is 5.91 Å². The largest absolute Gasteiger partial charge is 0.339 e. The average Bonchev–Trinajstić information content (AvgIpc) is 3.13. The van der Waals surface area contributed by atoms with Crippen molar-refractivity contribution in [3.8, 4) is 0 Å². The number of aromatic nitrogens is 2. The van der Waals surface area contributed by atoms with Crippen LogP contribution in [0.1, 0.15) is 63.4 Å². The van der Waals surface area contributed by atoms with Gasteiger partial charge >= 0.3 is 0 Å². The van der Waals surface area contributed by atoms with Gasteiger partial charge in [0.15, 0.2) is 5.82 Å². The summed E-state index contributed by atoms with van der Waals surface area (Å²) in [5, 5.41) is 4.04. The Morgan fingerprint density at radius 3 is 2.54 bits per heavy atom. The molecule has 5 nitrogen and oxygen atoms in total. The molecule has 1 amide bonds. The molecule has 2 aromatic rings. The summed E-state index contributed by atoms with van der Waals surface area (Å²) in [4.78, 5) is 18.7. The maximum absolute atomic E-state index is 13.1. The van der Waals surface area contributed by atoms with Crippen molar-refractivity contribution in [2.45, 2.75) is 51.5 Å². The summed E-state index contributed by atoms with van der Waals surface area (Å²) >= 11 is 0. The summed E-state index contributed by atoms with van der Waals surface area (Å²) in [5.74, 6) is 0.838. The zero-order chi connectivity index (χ0) is 17.5. The maximum atomic E-state index is 13.1. The van der Waals surface area contributed by atoms with Gasteiger partial charge in [-0.25, -0.2) is 4.39 Å². The Bertz CT molecular complexity index is 733. The SMILES string of the molecule is CC(c1ccc(F)cc1)N1CC(c2nc(C(C)(C)C)no2)CC1=O. The van der Waals surface area contributed by atoms with Gasteiger partial charge in [-0.2, -0.15) is 4.98 Å². The Kier molecular flexibility index (Phi) is 4.15. The Morgan fingerprint density at radius 2 is 1.96 bits per heavy atom. The second-order valence-electron chi connectivity index (χ2n) is 7.38. The van der Waals surface area contributed by atoms with Gasteiger partial charge in [-0.3, -0.25) is 4.79 Å². The maximum Gasteiger partial charge on any atom is 0.232 e. The minimum atomic E-state index is -0.280. The molecule has 3 rings (SSSR count). The van der Waals surface area contributed by atoms with E-state index in [1.54, 1.807) is 17.0 Å². The van der Waals surface area contributed by atoms with Crippen molar-refractivity contribution < 1.29 is 13.7 Å². The number of nitrogens with zero attached hydrogens (tertiary/aromatic N) is 3. The smallest absolute Gasteiger partial charge is 0.232 e. The van der Waals surface area contributed by atoms with E-state index in [4.69, 9.17) is 4.52 Å². The molecule has 0 aliphatic carbocycles. The fraction of sp³-hybridized carbons (Fsp3) is 0.500. The number of carbonyl (C=O) groups excluding carboxylic acids is 1. The highest BCUT2D eigenvalue weighted by atomic mass is 19.1. The number of likely N-dealkylation sites (tertiary alicyclic amines) is 1. The normalized spacial score (nSPS) is 19.8. The molecule has 1 saturated heterocycles. The molecule has 1 fully saturated rings. The van der Waals surface area contributed by atoms with E-state index in [0.29, 0.717) is 24.7 Å². The van der Waals surface area contributed by atoms with Gasteiger partial charge in [-0.1, -0.05) is 38.1 Å². The molecule has 0 radical (unpaired) electrons. The summed E-state index contributed by atoms with van der Waals surface area (Å²) in [6.07, 6.45) is 0.358. The first-order valence-corrected chi connectivity index (χ1v) is 8.14. The molecular weight excluding hydrogens is 309 g/mol. The Hall–Kier alpha value is -2.24. The van der Waals surface area contributed by atoms with Crippen LogP contribution in [0.5, 0.6) is 0 Å². The van der Waals surface area contributed by atoms with Gasteiger partial charge < -0.3 is 9.42 Å². The molecule has 1 aromatic heterocycles. The highest BCUT2D eigenvalue weighted by Crippen LogP contribution is 2.34. The average molecular weight is 331 g/mol. The minimum absolute atomic E-state index is 0.0485. The van der Waals surface area contributed by atoms with Crippen LogP contribution in [0, 0.1) is 5.82 Å². The second kappa shape index (κ2) is 6.00. The number of halogens is 1. The van der Waals surface area contributed by atoms with Crippen LogP contribution in [0.15, 0.2) is 28.8 Å². The number of benzene rings is 1. The summed E-state index contributed by atoms with van der Waals surface area (Å²) in [7, 11) is 0. The molecule has 24 heavy (non-hydrogen) atoms. The molecule has 1 aromatic carbocycles. The highest BCUT2D eigenvalue weighted by Gasteiger charge is 2.37. The van der Waals surface area contributed by atoms with E-state index in [-0.39, 0.29) is 29.1 Å². The van der Waals surface area contributed by atoms with Crippen LogP contribution < -0.4 is 0 Å². The van der Waals surface area contributed by atoms with Gasteiger partial charge in [-0.15, -0.1) is 0 Å². The van der Waals surface area contributed by atoms with Crippen molar-refractivity contribution in [1.82, 2.24) is 15.0 Å². The van der Waals surface area contributed by atoms with E-state index in [0.717, 1.165) is 5.56 Å². The van der Waals surface area contributed by atoms with Gasteiger partial charge in [0, 0.05) is 18.4 Å². The third-order valence-corrected chi connectivity index (χ3v) is 4.44. The monoisotopic (exact) mass is 331 g/mol. The van der Waals surface area contributed by atoms with E-state index < -0.39 is 0 Å². The van der Waals surface area contributed by atoms with Gasteiger partial charge in [-0.05, 0) is 24.6 Å². The standard InChI is InChI=1S/C18H22FN3O2/c1-11(12-5-7-14(19)8-6-12)22-10-13(9-15(22)23)16-20-17(21-24-16)18(2,3)4/h5-8,11,13H,9-10H2,1-4H3. The number of rotatable bonds is 3. The predicted octanol–water partition coefficient (Wildman–Crippen LogP) is 3.58. The minimum Gasteiger partial charge on any atom is -0.339 e. The molecule has 6 heteroatoms. The molecule has 1 aliphatic rings. The fourth-order valence-corrected chi connectivity index (χ4v) is 2.90. The first-order chi connectivity index (χ1) is 11.3. The van der Waals surface area contributed by atoms with E-state index in [1.807, 2.05) is 27.7 Å². The van der Waals surface area contributed by atoms with Crippen molar-refractivity contribution in [3.63, 3.8) is 0 Å². The molecule has 2 atom stereocenters. The number of amides is 1. The molecule has 1 aliphatic heterocycles. The van der Waals surface area contributed by atoms with E-state index in [9.17, 15) is 9.18 Å². The predicted molar refractivity (Wildman–Crippen MR) is 86.9 cm³/mol. The van der Waals surface area contributed by atoms with Gasteiger partial charge in [0.05, 0.1) is 12.0 Å². The van der Waals surface area contributed by atoms with Gasteiger partial charge in [0.25, 0.3) is 0 Å². The van der Waals surface area contributed by atoms with Crippen LogP contribution in [0.25, 0.3) is 0 Å². The molecule has 2 heterocycles. The Labute approximate surface area is 140 Å². The zero-order valence-electron chi connectivity index (χ0n) is 14.4. The van der Waals surface area contributed by atoms with Crippen molar-refractivity contribution in [2.24, 2.45) is 0 Å². The summed E-state index contributed by atoms with van der Waals surface area (Å²) in [6, 6.07) is 6.14. The summed E-state index contributed by atoms with van der Waals surface area (Å²) in [6.45, 7) is 8.53. The Balaban J connectivity index is 1.76. The van der Waals surface area contributed by atoms with Crippen LogP contribution in [-0.4, -0.2) is 27.5 Å². The molecule has 0 bridgehead atoms. The van der Waals surface area contributed by atoms with E-state index in [2.05, 4.69) is 10.1 Å². The molecular formula is C18H22FN3O2. The van der Waals surface area contributed by atoms with E-state index in [1.165, 1.54) is 12.1 Å². The van der Waals surface area contributed by atoms with Crippen LogP contribution >= 0.6 is 0 Å². The van der Waals surface area contributed by atoms with Crippen LogP contribution in [0.4, 0.5) is 4.39 Å². The molecule has 2 unspecified atom stereocenters. The third-order valence-electron chi connectivity index (χ3n) is 4.44. The summed E-state index contributed by atoms with van der Waals surface area (Å²) < 4.78 is 18.5. The lowest BCUT2D eigenvalue weighted by Crippen LogP contribution is -2.28. The first-order valence-electron chi connectivity index (χ1n) is 8.14. The number of hydrogen-bond acceptors (Lipinski definition) is 4. The topological polar surface area (TPSA) is 59.2 Å². The quantitative estimate of drug-likeness (QED) is 0.862. The molecule has 128 valence electrons. The number of hydrogen-bond donors (Lipinski definition) is 0. The van der Waals surface area contributed by atoms with Crippen molar-refractivity contribution in [1.29, 1.82) is 0 Å². The lowest BCUT2D eigenvalue weighted by molar-refractivity contribution is -0.129. The van der Waals surface area contributed by atoms with Crippen molar-refractivity contribution in [2.75, 3.05) is 6.54 Å². The van der Waals surface area contributed by atoms with Gasteiger partial charge in [0.1, 0.15) is 5.82 Å². The molecule has 0 saturated carbocycles.